The van der Waals surface area contributed by atoms with Gasteiger partial charge in [0.2, 0.25) is 0 Å². The van der Waals surface area contributed by atoms with Gasteiger partial charge >= 0.3 is 0 Å². The van der Waals surface area contributed by atoms with Crippen LogP contribution < -0.4 is 10.5 Å². The van der Waals surface area contributed by atoms with Crippen molar-refractivity contribution in [1.82, 2.24) is 0 Å². The Labute approximate surface area is 80.0 Å². The van der Waals surface area contributed by atoms with Gasteiger partial charge in [-0.05, 0) is 41.9 Å². The fourth-order valence-corrected chi connectivity index (χ4v) is 1.31. The van der Waals surface area contributed by atoms with Crippen molar-refractivity contribution in [2.45, 2.75) is 13.3 Å². The summed E-state index contributed by atoms with van der Waals surface area (Å²) in [5, 5.41) is 0. The molecule has 3 nitrogen and oxygen atoms in total. The van der Waals surface area contributed by atoms with Crippen LogP contribution in [-0.4, -0.2) is 13.2 Å². The number of hydrogen-bond acceptors (Lipinski definition) is 3. The van der Waals surface area contributed by atoms with Crippen LogP contribution in [0.15, 0.2) is 15.2 Å². The van der Waals surface area contributed by atoms with E-state index in [9.17, 15) is 0 Å². The average Bonchev–Trinajstić information content (AvgIpc) is 2.31. The maximum absolute atomic E-state index is 5.32. The first-order valence-corrected chi connectivity index (χ1v) is 4.62. The summed E-state index contributed by atoms with van der Waals surface area (Å²) in [7, 11) is 0. The van der Waals surface area contributed by atoms with Crippen molar-refractivity contribution in [3.8, 4) is 5.95 Å². The predicted octanol–water partition coefficient (Wildman–Crippen LogP) is 2.08. The molecule has 1 heterocycles. The molecule has 0 aliphatic heterocycles. The fourth-order valence-electron chi connectivity index (χ4n) is 0.819. The molecule has 0 fully saturated rings. The largest absolute Gasteiger partial charge is 0.465 e. The summed E-state index contributed by atoms with van der Waals surface area (Å²) in [6.07, 6.45) is 0.845. The molecule has 2 N–H and O–H groups in total. The molecule has 0 atom stereocenters. The molecular weight excluding hydrogens is 222 g/mol. The van der Waals surface area contributed by atoms with Gasteiger partial charge in [-0.15, -0.1) is 0 Å². The van der Waals surface area contributed by atoms with Gasteiger partial charge in [-0.2, -0.15) is 0 Å². The van der Waals surface area contributed by atoms with Crippen LogP contribution >= 0.6 is 15.9 Å². The van der Waals surface area contributed by atoms with Crippen molar-refractivity contribution in [3.63, 3.8) is 0 Å². The smallest absolute Gasteiger partial charge is 0.288 e. The van der Waals surface area contributed by atoms with Crippen LogP contribution in [0.3, 0.4) is 0 Å². The Morgan fingerprint density at radius 3 is 2.92 bits per heavy atom. The highest BCUT2D eigenvalue weighted by atomic mass is 79.9. The fraction of sp³-hybridized carbons (Fsp3) is 0.500. The highest BCUT2D eigenvalue weighted by Crippen LogP contribution is 2.26. The maximum atomic E-state index is 5.32. The van der Waals surface area contributed by atoms with Crippen LogP contribution in [0.1, 0.15) is 12.0 Å². The summed E-state index contributed by atoms with van der Waals surface area (Å²) in [5.74, 6) is 0.579. The summed E-state index contributed by atoms with van der Waals surface area (Å²) in [4.78, 5) is 0. The molecule has 4 heteroatoms. The van der Waals surface area contributed by atoms with Gasteiger partial charge in [0.05, 0.1) is 6.61 Å². The molecule has 0 aliphatic rings. The number of rotatable bonds is 4. The second-order valence-electron chi connectivity index (χ2n) is 2.51. The molecule has 0 radical (unpaired) electrons. The van der Waals surface area contributed by atoms with Crippen molar-refractivity contribution in [3.05, 3.63) is 16.3 Å². The normalized spacial score (nSPS) is 10.2. The minimum atomic E-state index is 0.579. The van der Waals surface area contributed by atoms with Gasteiger partial charge in [-0.1, -0.05) is 0 Å². The first-order chi connectivity index (χ1) is 5.74. The standard InChI is InChI=1S/C8H12BrNO2/c1-6-5-7(9)12-8(6)11-4-2-3-10/h5H,2-4,10H2,1H3. The topological polar surface area (TPSA) is 48.4 Å². The summed E-state index contributed by atoms with van der Waals surface area (Å²) >= 11 is 3.22. The zero-order valence-electron chi connectivity index (χ0n) is 6.97. The number of aryl methyl sites for hydroxylation is 1. The van der Waals surface area contributed by atoms with Crippen LogP contribution in [0.4, 0.5) is 0 Å². The van der Waals surface area contributed by atoms with Gasteiger partial charge in [0, 0.05) is 5.56 Å². The van der Waals surface area contributed by atoms with Gasteiger partial charge in [0.25, 0.3) is 5.95 Å². The van der Waals surface area contributed by atoms with E-state index in [0.29, 0.717) is 23.8 Å². The van der Waals surface area contributed by atoms with E-state index in [4.69, 9.17) is 14.9 Å². The SMILES string of the molecule is Cc1cc(Br)oc1OCCCN. The van der Waals surface area contributed by atoms with Gasteiger partial charge in [0.15, 0.2) is 4.67 Å². The van der Waals surface area contributed by atoms with E-state index in [-0.39, 0.29) is 0 Å². The number of nitrogens with two attached hydrogens (primary N) is 1. The van der Waals surface area contributed by atoms with Crippen LogP contribution in [0.5, 0.6) is 5.95 Å². The van der Waals surface area contributed by atoms with E-state index in [1.807, 2.05) is 13.0 Å². The number of halogens is 1. The van der Waals surface area contributed by atoms with Crippen LogP contribution in [-0.2, 0) is 0 Å². The zero-order chi connectivity index (χ0) is 8.97. The van der Waals surface area contributed by atoms with E-state index in [2.05, 4.69) is 15.9 Å². The Bertz CT molecular complexity index is 247. The highest BCUT2D eigenvalue weighted by molar-refractivity contribution is 9.10. The number of hydrogen-bond donors (Lipinski definition) is 1. The van der Waals surface area contributed by atoms with Gasteiger partial charge in [0.1, 0.15) is 0 Å². The van der Waals surface area contributed by atoms with Gasteiger partial charge < -0.3 is 14.9 Å². The molecule has 0 aliphatic carbocycles. The van der Waals surface area contributed by atoms with Crippen molar-refractivity contribution in [1.29, 1.82) is 0 Å². The third-order valence-electron chi connectivity index (χ3n) is 1.42. The molecule has 0 aromatic carbocycles. The van der Waals surface area contributed by atoms with Crippen molar-refractivity contribution >= 4 is 15.9 Å². The molecule has 1 aromatic rings. The monoisotopic (exact) mass is 233 g/mol. The first-order valence-electron chi connectivity index (χ1n) is 3.83. The summed E-state index contributed by atoms with van der Waals surface area (Å²) < 4.78 is 11.2. The minimum Gasteiger partial charge on any atom is -0.465 e. The lowest BCUT2D eigenvalue weighted by molar-refractivity contribution is 0.235. The second kappa shape index (κ2) is 4.52. The third-order valence-corrected chi connectivity index (χ3v) is 1.81. The molecule has 0 spiro atoms. The van der Waals surface area contributed by atoms with E-state index < -0.39 is 0 Å². The summed E-state index contributed by atoms with van der Waals surface area (Å²) in [5.41, 5.74) is 6.32. The summed E-state index contributed by atoms with van der Waals surface area (Å²) in [6.45, 7) is 3.18. The Kier molecular flexibility index (Phi) is 3.62. The molecular formula is C8H12BrNO2. The van der Waals surface area contributed by atoms with Crippen molar-refractivity contribution in [2.24, 2.45) is 5.73 Å². The molecule has 0 saturated carbocycles. The van der Waals surface area contributed by atoms with E-state index in [1.54, 1.807) is 0 Å². The Morgan fingerprint density at radius 2 is 2.42 bits per heavy atom. The third kappa shape index (κ3) is 2.53. The predicted molar refractivity (Wildman–Crippen MR) is 50.3 cm³/mol. The second-order valence-corrected chi connectivity index (χ2v) is 3.29. The Hall–Kier alpha value is -0.480. The molecule has 0 bridgehead atoms. The Balaban J connectivity index is 2.45. The lowest BCUT2D eigenvalue weighted by atomic mass is 10.4. The van der Waals surface area contributed by atoms with Gasteiger partial charge in [-0.25, -0.2) is 0 Å². The first kappa shape index (κ1) is 9.61. The lowest BCUT2D eigenvalue weighted by Crippen LogP contribution is -2.06. The van der Waals surface area contributed by atoms with Crippen LogP contribution in [0, 0.1) is 6.92 Å². The van der Waals surface area contributed by atoms with Crippen LogP contribution in [0.2, 0.25) is 0 Å². The molecule has 1 rings (SSSR count). The molecule has 0 saturated heterocycles. The molecule has 0 amide bonds. The van der Waals surface area contributed by atoms with Crippen molar-refractivity contribution < 1.29 is 9.15 Å². The van der Waals surface area contributed by atoms with Gasteiger partial charge in [-0.3, -0.25) is 0 Å². The van der Waals surface area contributed by atoms with E-state index >= 15 is 0 Å². The minimum absolute atomic E-state index is 0.579. The average molecular weight is 234 g/mol. The quantitative estimate of drug-likeness (QED) is 0.811. The Morgan fingerprint density at radius 1 is 1.67 bits per heavy atom. The maximum Gasteiger partial charge on any atom is 0.288 e. The van der Waals surface area contributed by atoms with Crippen LogP contribution in [0.25, 0.3) is 0 Å². The number of ether oxygens (including phenoxy) is 1. The number of furan rings is 1. The summed E-state index contributed by atoms with van der Waals surface area (Å²) in [6, 6.07) is 1.87. The zero-order valence-corrected chi connectivity index (χ0v) is 8.56. The molecule has 68 valence electrons. The van der Waals surface area contributed by atoms with E-state index in [0.717, 1.165) is 12.0 Å². The van der Waals surface area contributed by atoms with Crippen molar-refractivity contribution in [2.75, 3.05) is 13.2 Å². The lowest BCUT2D eigenvalue weighted by Gasteiger charge is -2.01. The molecule has 12 heavy (non-hydrogen) atoms. The molecule has 0 unspecified atom stereocenters. The van der Waals surface area contributed by atoms with E-state index in [1.165, 1.54) is 0 Å². The highest BCUT2D eigenvalue weighted by Gasteiger charge is 2.05. The molecule has 1 aromatic heterocycles.